The average Bonchev–Trinajstić information content (AvgIpc) is 2.88. The van der Waals surface area contributed by atoms with Crippen LogP contribution in [0.3, 0.4) is 0 Å². The minimum absolute atomic E-state index is 0. The van der Waals surface area contributed by atoms with Crippen molar-refractivity contribution in [1.29, 1.82) is 0 Å². The molecule has 7 nitrogen and oxygen atoms in total. The van der Waals surface area contributed by atoms with E-state index in [4.69, 9.17) is 5.73 Å². The Labute approximate surface area is 154 Å². The van der Waals surface area contributed by atoms with Crippen molar-refractivity contribution in [3.05, 3.63) is 42.0 Å². The van der Waals surface area contributed by atoms with Crippen molar-refractivity contribution < 1.29 is 52.6 Å². The second-order valence-electron chi connectivity index (χ2n) is 4.60. The van der Waals surface area contributed by atoms with Gasteiger partial charge in [0.05, 0.1) is 17.2 Å². The number of pyridine rings is 1. The topological polar surface area (TPSA) is 109 Å². The zero-order valence-corrected chi connectivity index (χ0v) is 14.2. The number of nitrogen functional groups attached to an aromatic ring is 1. The van der Waals surface area contributed by atoms with Gasteiger partial charge in [-0.25, -0.2) is 9.50 Å². The van der Waals surface area contributed by atoms with Gasteiger partial charge in [0.15, 0.2) is 5.82 Å². The number of hydrogen-bond donors (Lipinski definition) is 1. The summed E-state index contributed by atoms with van der Waals surface area (Å²) in [6.45, 7) is 0. The fourth-order valence-corrected chi connectivity index (χ4v) is 2.18. The Morgan fingerprint density at radius 1 is 1.25 bits per heavy atom. The van der Waals surface area contributed by atoms with Crippen LogP contribution in [0.1, 0.15) is 15.9 Å². The average molecular weight is 345 g/mol. The molecule has 0 amide bonds. The number of nitrogens with two attached hydrogens (primary N) is 1. The Bertz CT molecular complexity index is 926. The number of carbonyl (C=O) groups is 1. The van der Waals surface area contributed by atoms with Crippen molar-refractivity contribution in [1.82, 2.24) is 19.6 Å². The fraction of sp³-hybridized carbons (Fsp3) is 0.0769. The van der Waals surface area contributed by atoms with Gasteiger partial charge in [0.2, 0.25) is 0 Å². The van der Waals surface area contributed by atoms with Crippen LogP contribution in [0.15, 0.2) is 30.9 Å². The van der Waals surface area contributed by atoms with Crippen molar-refractivity contribution in [2.24, 2.45) is 0 Å². The molecule has 0 fully saturated rings. The second kappa shape index (κ2) is 6.38. The third-order valence-corrected chi connectivity index (χ3v) is 3.16. The van der Waals surface area contributed by atoms with Gasteiger partial charge in [-0.05, 0) is 12.1 Å². The summed E-state index contributed by atoms with van der Waals surface area (Å²) in [5.41, 5.74) is 3.93. The molecule has 24 heavy (non-hydrogen) atoms. The molecule has 0 atom stereocenters. The fourth-order valence-electron chi connectivity index (χ4n) is 2.18. The summed E-state index contributed by atoms with van der Waals surface area (Å²) in [6.07, 6.45) is -1.43. The molecule has 3 aromatic heterocycles. The summed E-state index contributed by atoms with van der Waals surface area (Å²) in [6, 6.07) is 1.96. The van der Waals surface area contributed by atoms with E-state index in [1.54, 1.807) is 0 Å². The number of fused-ring (bicyclic) bond motifs is 1. The number of alkyl halides is 3. The number of rotatable bonds is 2. The Morgan fingerprint density at radius 2 is 1.96 bits per heavy atom. The van der Waals surface area contributed by atoms with Crippen molar-refractivity contribution in [3.63, 3.8) is 0 Å². The van der Waals surface area contributed by atoms with Gasteiger partial charge in [-0.2, -0.15) is 18.3 Å². The predicted octanol–water partition coefficient (Wildman–Crippen LogP) is -2.24. The quantitative estimate of drug-likeness (QED) is 0.526. The number of nitrogens with zero attached hydrogens (tertiary/aromatic N) is 4. The third-order valence-electron chi connectivity index (χ3n) is 3.16. The molecule has 3 aromatic rings. The SMILES string of the molecule is Nc1ncnn2c(-c3cncc(C(=O)[O-])c3)cc(C(F)(F)F)c12.[Na+]. The number of carboxylic acid groups (broad SMARTS) is 1. The number of aromatic carboxylic acids is 1. The number of hydrogen-bond acceptors (Lipinski definition) is 6. The third kappa shape index (κ3) is 3.07. The van der Waals surface area contributed by atoms with E-state index in [9.17, 15) is 23.1 Å². The van der Waals surface area contributed by atoms with Gasteiger partial charge in [0.25, 0.3) is 0 Å². The number of halogens is 3. The maximum absolute atomic E-state index is 13.2. The summed E-state index contributed by atoms with van der Waals surface area (Å²) in [4.78, 5) is 18.1. The Kier molecular flexibility index (Phi) is 4.83. The van der Waals surface area contributed by atoms with E-state index < -0.39 is 23.2 Å². The molecule has 0 aliphatic carbocycles. The first kappa shape index (κ1) is 18.2. The van der Waals surface area contributed by atoms with Crippen LogP contribution in [-0.4, -0.2) is 25.6 Å². The van der Waals surface area contributed by atoms with Gasteiger partial charge in [-0.15, -0.1) is 0 Å². The summed E-state index contributed by atoms with van der Waals surface area (Å²) in [5, 5.41) is 14.6. The van der Waals surface area contributed by atoms with Crippen LogP contribution in [0, 0.1) is 0 Å². The van der Waals surface area contributed by atoms with E-state index in [-0.39, 0.29) is 52.2 Å². The van der Waals surface area contributed by atoms with E-state index in [1.807, 2.05) is 0 Å². The Balaban J connectivity index is 0.00000208. The van der Waals surface area contributed by atoms with Gasteiger partial charge < -0.3 is 15.6 Å². The zero-order chi connectivity index (χ0) is 16.8. The van der Waals surface area contributed by atoms with Crippen molar-refractivity contribution in [3.8, 4) is 11.3 Å². The predicted molar refractivity (Wildman–Crippen MR) is 70.0 cm³/mol. The molecule has 0 aromatic carbocycles. The second-order valence-corrected chi connectivity index (χ2v) is 4.60. The Hall–Kier alpha value is -2.17. The number of carbonyl (C=O) groups excluding carboxylic acids is 1. The van der Waals surface area contributed by atoms with E-state index in [2.05, 4.69) is 15.1 Å². The van der Waals surface area contributed by atoms with Crippen molar-refractivity contribution >= 4 is 17.3 Å². The monoisotopic (exact) mass is 345 g/mol. The largest absolute Gasteiger partial charge is 1.00 e. The summed E-state index contributed by atoms with van der Waals surface area (Å²) < 4.78 is 40.5. The van der Waals surface area contributed by atoms with Gasteiger partial charge in [-0.3, -0.25) is 4.98 Å². The first-order chi connectivity index (χ1) is 10.8. The van der Waals surface area contributed by atoms with Gasteiger partial charge in [0, 0.05) is 23.5 Å². The molecule has 118 valence electrons. The maximum Gasteiger partial charge on any atom is 1.00 e. The minimum Gasteiger partial charge on any atom is -0.545 e. The van der Waals surface area contributed by atoms with E-state index in [0.717, 1.165) is 29.2 Å². The van der Waals surface area contributed by atoms with Gasteiger partial charge in [-0.1, -0.05) is 0 Å². The van der Waals surface area contributed by atoms with Crippen LogP contribution in [0.2, 0.25) is 0 Å². The molecule has 0 spiro atoms. The van der Waals surface area contributed by atoms with E-state index in [1.165, 1.54) is 6.20 Å². The molecule has 0 unspecified atom stereocenters. The van der Waals surface area contributed by atoms with Crippen molar-refractivity contribution in [2.45, 2.75) is 6.18 Å². The molecule has 11 heteroatoms. The van der Waals surface area contributed by atoms with Crippen LogP contribution in [0.4, 0.5) is 19.0 Å². The van der Waals surface area contributed by atoms with Gasteiger partial charge in [0.1, 0.15) is 11.8 Å². The summed E-state index contributed by atoms with van der Waals surface area (Å²) in [7, 11) is 0. The molecule has 3 heterocycles. The minimum atomic E-state index is -4.68. The van der Waals surface area contributed by atoms with Gasteiger partial charge >= 0.3 is 35.7 Å². The molecular weight excluding hydrogens is 338 g/mol. The first-order valence-corrected chi connectivity index (χ1v) is 6.15. The molecule has 2 N–H and O–H groups in total. The van der Waals surface area contributed by atoms with Crippen molar-refractivity contribution in [2.75, 3.05) is 5.73 Å². The number of aromatic nitrogens is 4. The van der Waals surface area contributed by atoms with Crippen LogP contribution < -0.4 is 40.4 Å². The Morgan fingerprint density at radius 3 is 2.58 bits per heavy atom. The maximum atomic E-state index is 13.2. The molecule has 0 aliphatic heterocycles. The summed E-state index contributed by atoms with van der Waals surface area (Å²) in [5.74, 6) is -1.84. The molecule has 0 saturated carbocycles. The van der Waals surface area contributed by atoms with Crippen LogP contribution >= 0.6 is 0 Å². The van der Waals surface area contributed by atoms with E-state index in [0.29, 0.717) is 0 Å². The number of anilines is 1. The smallest absolute Gasteiger partial charge is 0.545 e. The van der Waals surface area contributed by atoms with Crippen LogP contribution in [-0.2, 0) is 6.18 Å². The first-order valence-electron chi connectivity index (χ1n) is 6.15. The molecule has 3 rings (SSSR count). The molecule has 0 bridgehead atoms. The molecule has 0 aliphatic rings. The molecule has 0 radical (unpaired) electrons. The standard InChI is InChI=1S/C13H8F3N5O2.Na/c14-13(15,16)8-2-9(21-10(8)11(17)19-5-20-21)6-1-7(12(22)23)4-18-3-6;/h1-5H,(H,22,23)(H2,17,19,20);/q;+1/p-1. The summed E-state index contributed by atoms with van der Waals surface area (Å²) >= 11 is 0. The van der Waals surface area contributed by atoms with E-state index >= 15 is 0 Å². The van der Waals surface area contributed by atoms with Crippen LogP contribution in [0.5, 0.6) is 0 Å². The normalized spacial score (nSPS) is 11.3. The zero-order valence-electron chi connectivity index (χ0n) is 12.2. The van der Waals surface area contributed by atoms with Crippen LogP contribution in [0.25, 0.3) is 16.8 Å². The number of carboxylic acids is 1. The molecule has 0 saturated heterocycles. The molecular formula is C13H7F3N5NaO2.